The van der Waals surface area contributed by atoms with Gasteiger partial charge in [0.05, 0.1) is 13.2 Å². The normalized spacial score (nSPS) is 11.7. The zero-order valence-electron chi connectivity index (χ0n) is 14.4. The number of aromatic nitrogens is 5. The van der Waals surface area contributed by atoms with Gasteiger partial charge in [-0.3, -0.25) is 9.78 Å². The lowest BCUT2D eigenvalue weighted by Crippen LogP contribution is -2.29. The minimum absolute atomic E-state index is 0.0318. The maximum atomic E-state index is 12.4. The topological polar surface area (TPSA) is 94.8 Å². The van der Waals surface area contributed by atoms with E-state index in [2.05, 4.69) is 25.8 Å². The third kappa shape index (κ3) is 4.62. The average Bonchev–Trinajstić information content (AvgIpc) is 3.20. The zero-order chi connectivity index (χ0) is 18.2. The third-order valence-electron chi connectivity index (χ3n) is 3.98. The molecule has 26 heavy (non-hydrogen) atoms. The number of amides is 1. The fraction of sp³-hybridized carbons (Fsp3) is 0.278. The minimum Gasteiger partial charge on any atom is -0.497 e. The highest BCUT2D eigenvalue weighted by Crippen LogP contribution is 2.24. The molecule has 2 aromatic heterocycles. The van der Waals surface area contributed by atoms with Crippen LogP contribution in [0, 0.1) is 0 Å². The van der Waals surface area contributed by atoms with Gasteiger partial charge >= 0.3 is 0 Å². The van der Waals surface area contributed by atoms with Crippen LogP contribution < -0.4 is 10.1 Å². The second kappa shape index (κ2) is 8.70. The standard InChI is InChI=1S/C18H20N6O2/c1-26-16-6-4-14(5-7-16)18(15-8-10-19-11-9-15)21-17(25)3-2-12-24-13-20-22-23-24/h4-11,13,18H,2-3,12H2,1H3,(H,21,25). The molecule has 0 saturated carbocycles. The van der Waals surface area contributed by atoms with Crippen molar-refractivity contribution in [3.8, 4) is 5.75 Å². The van der Waals surface area contributed by atoms with E-state index in [1.165, 1.54) is 6.33 Å². The van der Waals surface area contributed by atoms with Gasteiger partial charge in [0.25, 0.3) is 0 Å². The number of nitrogens with one attached hydrogen (secondary N) is 1. The maximum absolute atomic E-state index is 12.4. The Morgan fingerprint density at radius 2 is 1.88 bits per heavy atom. The first-order valence-corrected chi connectivity index (χ1v) is 8.30. The molecule has 0 fully saturated rings. The van der Waals surface area contributed by atoms with Gasteiger partial charge in [0.2, 0.25) is 5.91 Å². The quantitative estimate of drug-likeness (QED) is 0.664. The SMILES string of the molecule is COc1ccc(C(NC(=O)CCCn2cnnn2)c2ccncc2)cc1. The van der Waals surface area contributed by atoms with Crippen molar-refractivity contribution >= 4 is 5.91 Å². The lowest BCUT2D eigenvalue weighted by atomic mass is 9.99. The fourth-order valence-corrected chi connectivity index (χ4v) is 2.63. The highest BCUT2D eigenvalue weighted by atomic mass is 16.5. The Labute approximate surface area is 151 Å². The molecule has 1 atom stereocenters. The largest absolute Gasteiger partial charge is 0.497 e. The molecule has 1 unspecified atom stereocenters. The summed E-state index contributed by atoms with van der Waals surface area (Å²) < 4.78 is 6.82. The van der Waals surface area contributed by atoms with Crippen LogP contribution in [-0.2, 0) is 11.3 Å². The van der Waals surface area contributed by atoms with Crippen LogP contribution in [0.4, 0.5) is 0 Å². The average molecular weight is 352 g/mol. The predicted octanol–water partition coefficient (Wildman–Crippen LogP) is 1.76. The van der Waals surface area contributed by atoms with E-state index in [4.69, 9.17) is 4.74 Å². The smallest absolute Gasteiger partial charge is 0.220 e. The second-order valence-electron chi connectivity index (χ2n) is 5.73. The molecule has 1 aromatic carbocycles. The van der Waals surface area contributed by atoms with Crippen LogP contribution in [0.3, 0.4) is 0 Å². The number of pyridine rings is 1. The van der Waals surface area contributed by atoms with E-state index in [1.807, 2.05) is 36.4 Å². The summed E-state index contributed by atoms with van der Waals surface area (Å²) in [7, 11) is 1.63. The Hall–Kier alpha value is -3.29. The molecule has 3 rings (SSSR count). The Bertz CT molecular complexity index is 805. The van der Waals surface area contributed by atoms with E-state index in [0.29, 0.717) is 19.4 Å². The number of hydrogen-bond acceptors (Lipinski definition) is 6. The third-order valence-corrected chi connectivity index (χ3v) is 3.98. The molecule has 0 aliphatic heterocycles. The van der Waals surface area contributed by atoms with E-state index in [1.54, 1.807) is 24.2 Å². The predicted molar refractivity (Wildman–Crippen MR) is 94.3 cm³/mol. The highest BCUT2D eigenvalue weighted by Gasteiger charge is 2.17. The monoisotopic (exact) mass is 352 g/mol. The van der Waals surface area contributed by atoms with Crippen molar-refractivity contribution in [2.45, 2.75) is 25.4 Å². The first-order valence-electron chi connectivity index (χ1n) is 8.30. The Morgan fingerprint density at radius 3 is 2.54 bits per heavy atom. The molecule has 3 aromatic rings. The molecule has 8 nitrogen and oxygen atoms in total. The number of tetrazole rings is 1. The highest BCUT2D eigenvalue weighted by molar-refractivity contribution is 5.77. The molecule has 0 saturated heterocycles. The van der Waals surface area contributed by atoms with E-state index in [-0.39, 0.29) is 11.9 Å². The van der Waals surface area contributed by atoms with Crippen molar-refractivity contribution in [3.63, 3.8) is 0 Å². The number of methoxy groups -OCH3 is 1. The van der Waals surface area contributed by atoms with Crippen molar-refractivity contribution < 1.29 is 9.53 Å². The second-order valence-corrected chi connectivity index (χ2v) is 5.73. The molecule has 134 valence electrons. The van der Waals surface area contributed by atoms with Gasteiger partial charge in [0, 0.05) is 25.4 Å². The molecule has 1 N–H and O–H groups in total. The number of nitrogens with zero attached hydrogens (tertiary/aromatic N) is 5. The number of hydrogen-bond donors (Lipinski definition) is 1. The van der Waals surface area contributed by atoms with Gasteiger partial charge in [-0.05, 0) is 52.2 Å². The number of ether oxygens (including phenoxy) is 1. The number of rotatable bonds is 8. The maximum Gasteiger partial charge on any atom is 0.220 e. The number of aryl methyl sites for hydroxylation is 1. The van der Waals surface area contributed by atoms with Crippen molar-refractivity contribution in [2.24, 2.45) is 0 Å². The molecule has 2 heterocycles. The van der Waals surface area contributed by atoms with Crippen LogP contribution >= 0.6 is 0 Å². The zero-order valence-corrected chi connectivity index (χ0v) is 14.4. The molecular formula is C18H20N6O2. The lowest BCUT2D eigenvalue weighted by molar-refractivity contribution is -0.121. The van der Waals surface area contributed by atoms with Gasteiger partial charge in [-0.25, -0.2) is 4.68 Å². The van der Waals surface area contributed by atoms with Crippen LogP contribution in [0.25, 0.3) is 0 Å². The number of benzene rings is 1. The van der Waals surface area contributed by atoms with Gasteiger partial charge in [-0.2, -0.15) is 0 Å². The van der Waals surface area contributed by atoms with Crippen molar-refractivity contribution in [3.05, 3.63) is 66.2 Å². The van der Waals surface area contributed by atoms with Crippen LogP contribution in [0.1, 0.15) is 30.0 Å². The minimum atomic E-state index is -0.246. The Balaban J connectivity index is 1.67. The van der Waals surface area contributed by atoms with Gasteiger partial charge in [0.15, 0.2) is 0 Å². The fourth-order valence-electron chi connectivity index (χ4n) is 2.63. The van der Waals surface area contributed by atoms with Crippen LogP contribution in [0.15, 0.2) is 55.1 Å². The number of carbonyl (C=O) groups excluding carboxylic acids is 1. The van der Waals surface area contributed by atoms with E-state index in [0.717, 1.165) is 16.9 Å². The Morgan fingerprint density at radius 1 is 1.15 bits per heavy atom. The summed E-state index contributed by atoms with van der Waals surface area (Å²) in [6.45, 7) is 0.600. The summed E-state index contributed by atoms with van der Waals surface area (Å²) in [6, 6.07) is 11.2. The van der Waals surface area contributed by atoms with Crippen molar-refractivity contribution in [2.75, 3.05) is 7.11 Å². The van der Waals surface area contributed by atoms with Gasteiger partial charge in [-0.15, -0.1) is 5.10 Å². The summed E-state index contributed by atoms with van der Waals surface area (Å²) >= 11 is 0. The lowest BCUT2D eigenvalue weighted by Gasteiger charge is -2.20. The molecule has 0 aliphatic carbocycles. The van der Waals surface area contributed by atoms with E-state index in [9.17, 15) is 4.79 Å². The molecule has 0 radical (unpaired) electrons. The molecule has 0 bridgehead atoms. The number of carbonyl (C=O) groups is 1. The van der Waals surface area contributed by atoms with E-state index >= 15 is 0 Å². The van der Waals surface area contributed by atoms with Crippen LogP contribution in [-0.4, -0.2) is 38.2 Å². The van der Waals surface area contributed by atoms with Gasteiger partial charge < -0.3 is 10.1 Å². The summed E-state index contributed by atoms with van der Waals surface area (Å²) in [5, 5.41) is 14.0. The van der Waals surface area contributed by atoms with Crippen molar-refractivity contribution in [1.29, 1.82) is 0 Å². The molecule has 0 aliphatic rings. The van der Waals surface area contributed by atoms with Gasteiger partial charge in [0.1, 0.15) is 12.1 Å². The first-order chi connectivity index (χ1) is 12.8. The van der Waals surface area contributed by atoms with Crippen LogP contribution in [0.2, 0.25) is 0 Å². The van der Waals surface area contributed by atoms with Gasteiger partial charge in [-0.1, -0.05) is 12.1 Å². The summed E-state index contributed by atoms with van der Waals surface area (Å²) in [5.74, 6) is 0.741. The van der Waals surface area contributed by atoms with Crippen LogP contribution in [0.5, 0.6) is 5.75 Å². The molecule has 1 amide bonds. The molecule has 0 spiro atoms. The van der Waals surface area contributed by atoms with Crippen molar-refractivity contribution in [1.82, 2.24) is 30.5 Å². The summed E-state index contributed by atoms with van der Waals surface area (Å²) in [4.78, 5) is 16.5. The molecule has 8 heteroatoms. The first kappa shape index (κ1) is 17.5. The Kier molecular flexibility index (Phi) is 5.87. The summed E-state index contributed by atoms with van der Waals surface area (Å²) in [6.07, 6.45) is 6.01. The summed E-state index contributed by atoms with van der Waals surface area (Å²) in [5.41, 5.74) is 1.95. The molecular weight excluding hydrogens is 332 g/mol. The van der Waals surface area contributed by atoms with E-state index < -0.39 is 0 Å².